The molecular formula is C34H31Cl3F3N3O4S. The zero-order valence-corrected chi connectivity index (χ0v) is 28.6. The van der Waals surface area contributed by atoms with Crippen LogP contribution >= 0.6 is 34.8 Å². The van der Waals surface area contributed by atoms with Gasteiger partial charge in [-0.2, -0.15) is 13.2 Å². The van der Waals surface area contributed by atoms with Crippen LogP contribution in [0, 0.1) is 0 Å². The van der Waals surface area contributed by atoms with Crippen LogP contribution in [0.15, 0.2) is 102 Å². The molecule has 0 unspecified atom stereocenters. The second-order valence-corrected chi connectivity index (χ2v) is 13.8. The van der Waals surface area contributed by atoms with Gasteiger partial charge in [0.25, 0.3) is 10.0 Å². The molecule has 48 heavy (non-hydrogen) atoms. The Hall–Kier alpha value is -3.77. The van der Waals surface area contributed by atoms with Crippen LogP contribution in [-0.4, -0.2) is 44.3 Å². The lowest BCUT2D eigenvalue weighted by Crippen LogP contribution is -2.53. The summed E-state index contributed by atoms with van der Waals surface area (Å²) in [5.74, 6) is -1.37. The van der Waals surface area contributed by atoms with Gasteiger partial charge in [0, 0.05) is 19.5 Å². The SMILES string of the molecule is CCCNC(=O)[C@@H](Cc1ccccc1)N(Cc1ccc(Cl)c(Cl)c1)C(=O)CN(c1ccc(Cl)c(C(F)(F)F)c1)S(=O)(=O)c1ccccc1. The lowest BCUT2D eigenvalue weighted by molar-refractivity contribution is -0.140. The van der Waals surface area contributed by atoms with Gasteiger partial charge in [-0.05, 0) is 60.0 Å². The van der Waals surface area contributed by atoms with E-state index < -0.39 is 56.9 Å². The van der Waals surface area contributed by atoms with Gasteiger partial charge in [0.2, 0.25) is 11.8 Å². The molecule has 14 heteroatoms. The minimum atomic E-state index is -4.92. The highest BCUT2D eigenvalue weighted by Gasteiger charge is 2.37. The quantitative estimate of drug-likeness (QED) is 0.151. The highest BCUT2D eigenvalue weighted by Crippen LogP contribution is 2.38. The second kappa shape index (κ2) is 16.1. The van der Waals surface area contributed by atoms with E-state index in [1.54, 1.807) is 42.5 Å². The number of amides is 2. The largest absolute Gasteiger partial charge is 0.417 e. The molecule has 0 bridgehead atoms. The summed E-state index contributed by atoms with van der Waals surface area (Å²) in [6.07, 6.45) is -4.27. The summed E-state index contributed by atoms with van der Waals surface area (Å²) in [4.78, 5) is 29.1. The Morgan fingerprint density at radius 3 is 2.04 bits per heavy atom. The zero-order chi connectivity index (χ0) is 35.1. The minimum absolute atomic E-state index is 0.0497. The van der Waals surface area contributed by atoms with Crippen molar-refractivity contribution in [3.05, 3.63) is 129 Å². The first-order chi connectivity index (χ1) is 22.7. The van der Waals surface area contributed by atoms with Gasteiger partial charge in [0.1, 0.15) is 12.6 Å². The average Bonchev–Trinajstić information content (AvgIpc) is 3.06. The Kier molecular flexibility index (Phi) is 12.4. The van der Waals surface area contributed by atoms with Gasteiger partial charge in [-0.15, -0.1) is 0 Å². The number of rotatable bonds is 13. The van der Waals surface area contributed by atoms with E-state index in [-0.39, 0.29) is 27.9 Å². The van der Waals surface area contributed by atoms with Gasteiger partial charge in [0.05, 0.1) is 31.2 Å². The highest BCUT2D eigenvalue weighted by atomic mass is 35.5. The lowest BCUT2D eigenvalue weighted by Gasteiger charge is -2.34. The molecule has 0 radical (unpaired) electrons. The fourth-order valence-electron chi connectivity index (χ4n) is 4.89. The van der Waals surface area contributed by atoms with Crippen molar-refractivity contribution in [3.63, 3.8) is 0 Å². The van der Waals surface area contributed by atoms with Crippen molar-refractivity contribution in [2.75, 3.05) is 17.4 Å². The highest BCUT2D eigenvalue weighted by molar-refractivity contribution is 7.92. The van der Waals surface area contributed by atoms with Crippen molar-refractivity contribution in [3.8, 4) is 0 Å². The fraction of sp³-hybridized carbons (Fsp3) is 0.235. The summed E-state index contributed by atoms with van der Waals surface area (Å²) >= 11 is 18.2. The number of nitrogens with zero attached hydrogens (tertiary/aromatic N) is 2. The molecule has 0 heterocycles. The van der Waals surface area contributed by atoms with Crippen LogP contribution in [0.4, 0.5) is 18.9 Å². The third-order valence-corrected chi connectivity index (χ3v) is 10.2. The topological polar surface area (TPSA) is 86.8 Å². The number of carbonyl (C=O) groups excluding carboxylic acids is 2. The van der Waals surface area contributed by atoms with E-state index in [9.17, 15) is 31.2 Å². The van der Waals surface area contributed by atoms with Crippen LogP contribution in [0.1, 0.15) is 30.0 Å². The Morgan fingerprint density at radius 2 is 1.44 bits per heavy atom. The van der Waals surface area contributed by atoms with Crippen LogP contribution in [0.5, 0.6) is 0 Å². The molecule has 0 saturated heterocycles. The summed E-state index contributed by atoms with van der Waals surface area (Å²) in [5.41, 5.74) is -0.547. The Balaban J connectivity index is 1.86. The van der Waals surface area contributed by atoms with Crippen LogP contribution in [-0.2, 0) is 38.8 Å². The molecule has 4 aromatic rings. The molecule has 4 aromatic carbocycles. The third kappa shape index (κ3) is 9.22. The van der Waals surface area contributed by atoms with E-state index in [0.29, 0.717) is 34.5 Å². The normalized spacial score (nSPS) is 12.3. The lowest BCUT2D eigenvalue weighted by atomic mass is 10.0. The second-order valence-electron chi connectivity index (χ2n) is 10.8. The van der Waals surface area contributed by atoms with Crippen LogP contribution in [0.25, 0.3) is 0 Å². The molecule has 4 rings (SSSR count). The monoisotopic (exact) mass is 739 g/mol. The summed E-state index contributed by atoms with van der Waals surface area (Å²) in [6, 6.07) is 21.9. The van der Waals surface area contributed by atoms with Gasteiger partial charge >= 0.3 is 6.18 Å². The molecule has 0 aliphatic rings. The summed E-state index contributed by atoms with van der Waals surface area (Å²) < 4.78 is 70.4. The molecule has 0 aliphatic carbocycles. The Bertz CT molecular complexity index is 1850. The first-order valence-corrected chi connectivity index (χ1v) is 17.3. The molecule has 1 N–H and O–H groups in total. The molecule has 0 saturated carbocycles. The first-order valence-electron chi connectivity index (χ1n) is 14.7. The van der Waals surface area contributed by atoms with Gasteiger partial charge in [0.15, 0.2) is 0 Å². The number of hydrogen-bond donors (Lipinski definition) is 1. The molecule has 0 aromatic heterocycles. The number of alkyl halides is 3. The van der Waals surface area contributed by atoms with Crippen molar-refractivity contribution in [1.82, 2.24) is 10.2 Å². The molecule has 0 fully saturated rings. The van der Waals surface area contributed by atoms with E-state index >= 15 is 0 Å². The van der Waals surface area contributed by atoms with Crippen molar-refractivity contribution >= 4 is 62.3 Å². The third-order valence-electron chi connectivity index (χ3n) is 7.31. The minimum Gasteiger partial charge on any atom is -0.354 e. The van der Waals surface area contributed by atoms with Crippen molar-refractivity contribution in [2.45, 2.75) is 43.4 Å². The number of sulfonamides is 1. The van der Waals surface area contributed by atoms with E-state index in [0.717, 1.165) is 12.1 Å². The molecule has 2 amide bonds. The maximum absolute atomic E-state index is 14.5. The summed E-state index contributed by atoms with van der Waals surface area (Å²) in [6.45, 7) is 1.00. The predicted molar refractivity (Wildman–Crippen MR) is 182 cm³/mol. The van der Waals surface area contributed by atoms with Crippen LogP contribution in [0.2, 0.25) is 15.1 Å². The maximum Gasteiger partial charge on any atom is 0.417 e. The number of benzene rings is 4. The maximum atomic E-state index is 14.5. The molecule has 7 nitrogen and oxygen atoms in total. The van der Waals surface area contributed by atoms with Gasteiger partial charge < -0.3 is 10.2 Å². The van der Waals surface area contributed by atoms with E-state index in [1.807, 2.05) is 6.92 Å². The molecular weight excluding hydrogens is 710 g/mol. The van der Waals surface area contributed by atoms with Crippen LogP contribution in [0.3, 0.4) is 0 Å². The van der Waals surface area contributed by atoms with E-state index in [2.05, 4.69) is 5.32 Å². The van der Waals surface area contributed by atoms with E-state index in [4.69, 9.17) is 34.8 Å². The average molecular weight is 741 g/mol. The van der Waals surface area contributed by atoms with Gasteiger partial charge in [-0.25, -0.2) is 8.42 Å². The molecule has 0 aliphatic heterocycles. The van der Waals surface area contributed by atoms with E-state index in [1.165, 1.54) is 41.3 Å². The van der Waals surface area contributed by atoms with Gasteiger partial charge in [-0.3, -0.25) is 13.9 Å². The predicted octanol–water partition coefficient (Wildman–Crippen LogP) is 8.03. The Morgan fingerprint density at radius 1 is 0.812 bits per heavy atom. The van der Waals surface area contributed by atoms with Gasteiger partial charge in [-0.1, -0.05) is 96.3 Å². The fourth-order valence-corrected chi connectivity index (χ4v) is 6.86. The summed E-state index contributed by atoms with van der Waals surface area (Å²) in [7, 11) is -4.63. The molecule has 1 atom stereocenters. The Labute approximate surface area is 292 Å². The molecule has 254 valence electrons. The summed E-state index contributed by atoms with van der Waals surface area (Å²) in [5, 5.41) is 2.61. The smallest absolute Gasteiger partial charge is 0.354 e. The van der Waals surface area contributed by atoms with Crippen molar-refractivity contribution < 1.29 is 31.2 Å². The molecule has 0 spiro atoms. The first kappa shape index (κ1) is 37.1. The number of carbonyl (C=O) groups is 2. The number of nitrogens with one attached hydrogen (secondary N) is 1. The number of anilines is 1. The number of halogens is 6. The van der Waals surface area contributed by atoms with Crippen molar-refractivity contribution in [1.29, 1.82) is 0 Å². The number of hydrogen-bond acceptors (Lipinski definition) is 4. The van der Waals surface area contributed by atoms with Crippen molar-refractivity contribution in [2.24, 2.45) is 0 Å². The van der Waals surface area contributed by atoms with Crippen LogP contribution < -0.4 is 9.62 Å². The zero-order valence-electron chi connectivity index (χ0n) is 25.6. The standard InChI is InChI=1S/C34H31Cl3F3N3O4S/c1-2-17-41-33(45)31(19-23-9-5-3-6-10-23)42(21-24-13-15-29(36)30(37)18-24)32(44)22-43(48(46,47)26-11-7-4-8-12-26)25-14-16-28(35)27(20-25)34(38,39)40/h3-16,18,20,31H,2,17,19,21-22H2,1H3,(H,41,45)/t31-/m1/s1.